The van der Waals surface area contributed by atoms with E-state index in [1.807, 2.05) is 31.2 Å². The van der Waals surface area contributed by atoms with Gasteiger partial charge in [0.2, 0.25) is 0 Å². The van der Waals surface area contributed by atoms with Crippen molar-refractivity contribution in [2.45, 2.75) is 26.5 Å². The van der Waals surface area contributed by atoms with Crippen LogP contribution in [0.1, 0.15) is 19.4 Å². The molecular formula is C18H20ClNO3. The summed E-state index contributed by atoms with van der Waals surface area (Å²) in [6, 6.07) is 14.5. The van der Waals surface area contributed by atoms with Crippen LogP contribution in [0, 0.1) is 0 Å². The molecule has 5 heteroatoms. The molecule has 0 aliphatic rings. The lowest BCUT2D eigenvalue weighted by molar-refractivity contribution is -0.127. The maximum Gasteiger partial charge on any atom is 0.261 e. The molecule has 23 heavy (non-hydrogen) atoms. The van der Waals surface area contributed by atoms with E-state index in [0.29, 0.717) is 23.9 Å². The Morgan fingerprint density at radius 3 is 2.57 bits per heavy atom. The minimum atomic E-state index is -0.601. The molecule has 0 aromatic heterocycles. The third kappa shape index (κ3) is 5.18. The van der Waals surface area contributed by atoms with E-state index in [2.05, 4.69) is 5.32 Å². The maximum absolute atomic E-state index is 12.2. The first-order chi connectivity index (χ1) is 11.1. The molecule has 0 saturated heterocycles. The topological polar surface area (TPSA) is 47.6 Å². The highest BCUT2D eigenvalue weighted by molar-refractivity contribution is 6.30. The van der Waals surface area contributed by atoms with Crippen molar-refractivity contribution < 1.29 is 14.3 Å². The monoisotopic (exact) mass is 333 g/mol. The van der Waals surface area contributed by atoms with Crippen molar-refractivity contribution in [3.8, 4) is 11.5 Å². The molecule has 0 aliphatic carbocycles. The lowest BCUT2D eigenvalue weighted by Crippen LogP contribution is -2.36. The number of para-hydroxylation sites is 1. The number of carbonyl (C=O) groups is 1. The van der Waals surface area contributed by atoms with Gasteiger partial charge in [-0.15, -0.1) is 0 Å². The molecule has 0 fully saturated rings. The van der Waals surface area contributed by atoms with Crippen molar-refractivity contribution in [1.29, 1.82) is 0 Å². The van der Waals surface area contributed by atoms with E-state index in [-0.39, 0.29) is 5.91 Å². The van der Waals surface area contributed by atoms with Gasteiger partial charge in [-0.3, -0.25) is 4.79 Å². The molecule has 0 heterocycles. The van der Waals surface area contributed by atoms with E-state index in [1.54, 1.807) is 31.2 Å². The van der Waals surface area contributed by atoms with Crippen molar-refractivity contribution in [3.05, 3.63) is 59.1 Å². The zero-order chi connectivity index (χ0) is 16.7. The molecule has 0 unspecified atom stereocenters. The second-order valence-electron chi connectivity index (χ2n) is 4.97. The lowest BCUT2D eigenvalue weighted by atomic mass is 10.2. The van der Waals surface area contributed by atoms with Crippen LogP contribution in [0.15, 0.2) is 48.5 Å². The third-order valence-corrected chi connectivity index (χ3v) is 3.47. The van der Waals surface area contributed by atoms with Gasteiger partial charge in [-0.25, -0.2) is 0 Å². The smallest absolute Gasteiger partial charge is 0.261 e. The number of nitrogens with one attached hydrogen (secondary N) is 1. The van der Waals surface area contributed by atoms with Gasteiger partial charge in [0.05, 0.1) is 6.61 Å². The van der Waals surface area contributed by atoms with E-state index < -0.39 is 6.10 Å². The highest BCUT2D eigenvalue weighted by atomic mass is 35.5. The van der Waals surface area contributed by atoms with Crippen LogP contribution >= 0.6 is 11.6 Å². The van der Waals surface area contributed by atoms with Crippen molar-refractivity contribution >= 4 is 17.5 Å². The largest absolute Gasteiger partial charge is 0.494 e. The fourth-order valence-electron chi connectivity index (χ4n) is 2.04. The van der Waals surface area contributed by atoms with Crippen LogP contribution in [0.4, 0.5) is 0 Å². The molecule has 2 aromatic rings. The Morgan fingerprint density at radius 2 is 1.87 bits per heavy atom. The molecule has 1 N–H and O–H groups in total. The average Bonchev–Trinajstić information content (AvgIpc) is 2.56. The van der Waals surface area contributed by atoms with Crippen molar-refractivity contribution in [2.75, 3.05) is 6.61 Å². The van der Waals surface area contributed by atoms with Gasteiger partial charge < -0.3 is 14.8 Å². The average molecular weight is 334 g/mol. The molecule has 0 saturated carbocycles. The van der Waals surface area contributed by atoms with Crippen LogP contribution in [0.3, 0.4) is 0 Å². The first kappa shape index (κ1) is 17.2. The zero-order valence-electron chi connectivity index (χ0n) is 13.2. The standard InChI is InChI=1S/C18H20ClNO3/c1-3-22-17-7-5-4-6-14(17)12-20-18(21)13(2)23-16-10-8-15(19)9-11-16/h4-11,13H,3,12H2,1-2H3,(H,20,21)/t13-/m0/s1. The van der Waals surface area contributed by atoms with Crippen LogP contribution in [0.2, 0.25) is 5.02 Å². The highest BCUT2D eigenvalue weighted by Crippen LogP contribution is 2.18. The summed E-state index contributed by atoms with van der Waals surface area (Å²) in [5.41, 5.74) is 0.932. The summed E-state index contributed by atoms with van der Waals surface area (Å²) in [6.07, 6.45) is -0.601. The summed E-state index contributed by atoms with van der Waals surface area (Å²) < 4.78 is 11.1. The Hall–Kier alpha value is -2.20. The van der Waals surface area contributed by atoms with Crippen LogP contribution in [-0.4, -0.2) is 18.6 Å². The molecule has 0 aliphatic heterocycles. The van der Waals surface area contributed by atoms with Gasteiger partial charge in [-0.2, -0.15) is 0 Å². The summed E-state index contributed by atoms with van der Waals surface area (Å²) in [5, 5.41) is 3.49. The quantitative estimate of drug-likeness (QED) is 0.837. The SMILES string of the molecule is CCOc1ccccc1CNC(=O)[C@H](C)Oc1ccc(Cl)cc1. The van der Waals surface area contributed by atoms with Crippen LogP contribution in [-0.2, 0) is 11.3 Å². The highest BCUT2D eigenvalue weighted by Gasteiger charge is 2.15. The number of hydrogen-bond donors (Lipinski definition) is 1. The Bertz CT molecular complexity index is 643. The van der Waals surface area contributed by atoms with Crippen LogP contribution < -0.4 is 14.8 Å². The predicted molar refractivity (Wildman–Crippen MR) is 91.0 cm³/mol. The Morgan fingerprint density at radius 1 is 1.17 bits per heavy atom. The minimum Gasteiger partial charge on any atom is -0.494 e. The number of rotatable bonds is 7. The third-order valence-electron chi connectivity index (χ3n) is 3.22. The molecule has 0 bridgehead atoms. The number of amides is 1. The van der Waals surface area contributed by atoms with Crippen molar-refractivity contribution in [3.63, 3.8) is 0 Å². The van der Waals surface area contributed by atoms with Gasteiger partial charge in [-0.05, 0) is 44.2 Å². The van der Waals surface area contributed by atoms with Gasteiger partial charge in [0.1, 0.15) is 11.5 Å². The second kappa shape index (κ2) is 8.44. The molecule has 0 radical (unpaired) electrons. The zero-order valence-corrected chi connectivity index (χ0v) is 14.0. The number of halogens is 1. The predicted octanol–water partition coefficient (Wildman–Crippen LogP) is 3.82. The van der Waals surface area contributed by atoms with E-state index in [9.17, 15) is 4.79 Å². The first-order valence-electron chi connectivity index (χ1n) is 7.50. The summed E-state index contributed by atoms with van der Waals surface area (Å²) in [6.45, 7) is 4.61. The molecular weight excluding hydrogens is 314 g/mol. The lowest BCUT2D eigenvalue weighted by Gasteiger charge is -2.16. The summed E-state index contributed by atoms with van der Waals surface area (Å²) >= 11 is 5.82. The van der Waals surface area contributed by atoms with Gasteiger partial charge in [0.15, 0.2) is 6.10 Å². The van der Waals surface area contributed by atoms with E-state index in [1.165, 1.54) is 0 Å². The Kier molecular flexibility index (Phi) is 6.29. The molecule has 2 aromatic carbocycles. The number of ether oxygens (including phenoxy) is 2. The van der Waals surface area contributed by atoms with Crippen LogP contribution in [0.25, 0.3) is 0 Å². The fraction of sp³-hybridized carbons (Fsp3) is 0.278. The van der Waals surface area contributed by atoms with Crippen LogP contribution in [0.5, 0.6) is 11.5 Å². The van der Waals surface area contributed by atoms with Crippen molar-refractivity contribution in [2.24, 2.45) is 0 Å². The molecule has 0 spiro atoms. The Balaban J connectivity index is 1.90. The minimum absolute atomic E-state index is 0.189. The molecule has 122 valence electrons. The van der Waals surface area contributed by atoms with E-state index in [0.717, 1.165) is 11.3 Å². The molecule has 1 amide bonds. The normalized spacial score (nSPS) is 11.6. The number of carbonyl (C=O) groups excluding carboxylic acids is 1. The van der Waals surface area contributed by atoms with Gasteiger partial charge in [0.25, 0.3) is 5.91 Å². The van der Waals surface area contributed by atoms with Gasteiger partial charge >= 0.3 is 0 Å². The second-order valence-corrected chi connectivity index (χ2v) is 5.41. The summed E-state index contributed by atoms with van der Waals surface area (Å²) in [4.78, 5) is 12.2. The number of hydrogen-bond acceptors (Lipinski definition) is 3. The van der Waals surface area contributed by atoms with Crippen molar-refractivity contribution in [1.82, 2.24) is 5.32 Å². The summed E-state index contributed by atoms with van der Waals surface area (Å²) in [5.74, 6) is 1.19. The first-order valence-corrected chi connectivity index (χ1v) is 7.88. The fourth-order valence-corrected chi connectivity index (χ4v) is 2.17. The van der Waals surface area contributed by atoms with Gasteiger partial charge in [-0.1, -0.05) is 29.8 Å². The van der Waals surface area contributed by atoms with E-state index in [4.69, 9.17) is 21.1 Å². The summed E-state index contributed by atoms with van der Waals surface area (Å²) in [7, 11) is 0. The van der Waals surface area contributed by atoms with Gasteiger partial charge in [0, 0.05) is 17.1 Å². The Labute approximate surface area is 141 Å². The maximum atomic E-state index is 12.2. The molecule has 2 rings (SSSR count). The molecule has 4 nitrogen and oxygen atoms in total. The molecule has 1 atom stereocenters. The van der Waals surface area contributed by atoms with E-state index >= 15 is 0 Å². The number of benzene rings is 2.